The third-order valence-electron chi connectivity index (χ3n) is 2.61. The highest BCUT2D eigenvalue weighted by molar-refractivity contribution is 6.03. The van der Waals surface area contributed by atoms with Crippen LogP contribution in [0.1, 0.15) is 24.2 Å². The molecule has 2 aromatic rings. The predicted octanol–water partition coefficient (Wildman–Crippen LogP) is 1.09. The Hall–Kier alpha value is -1.88. The number of Topliss-reactive ketones (excluding diaryl/α,β-unsaturated/α-hetero) is 1. The second-order valence-corrected chi connectivity index (χ2v) is 4.50. The summed E-state index contributed by atoms with van der Waals surface area (Å²) in [6, 6.07) is 4.66. The van der Waals surface area contributed by atoms with Crippen molar-refractivity contribution in [3.8, 4) is 0 Å². The number of ketones is 1. The SMILES string of the molecule is Cn1c(=O)oc2cc(C(=O)C(C)(C)O)ccc21. The molecule has 17 heavy (non-hydrogen) atoms. The first-order chi connectivity index (χ1) is 7.80. The Morgan fingerprint density at radius 1 is 1.41 bits per heavy atom. The van der Waals surface area contributed by atoms with E-state index in [0.29, 0.717) is 16.7 Å². The molecule has 0 saturated heterocycles. The molecule has 1 aromatic heterocycles. The van der Waals surface area contributed by atoms with Gasteiger partial charge in [-0.25, -0.2) is 4.79 Å². The molecule has 5 heteroatoms. The topological polar surface area (TPSA) is 72.4 Å². The fraction of sp³-hybridized carbons (Fsp3) is 0.333. The molecule has 0 amide bonds. The summed E-state index contributed by atoms with van der Waals surface area (Å²) in [7, 11) is 1.59. The predicted molar refractivity (Wildman–Crippen MR) is 62.1 cm³/mol. The van der Waals surface area contributed by atoms with Gasteiger partial charge in [-0.15, -0.1) is 0 Å². The zero-order valence-electron chi connectivity index (χ0n) is 9.85. The maximum atomic E-state index is 11.8. The van der Waals surface area contributed by atoms with Crippen LogP contribution in [0.3, 0.4) is 0 Å². The van der Waals surface area contributed by atoms with Crippen molar-refractivity contribution in [3.05, 3.63) is 34.3 Å². The smallest absolute Gasteiger partial charge is 0.408 e. The van der Waals surface area contributed by atoms with Crippen molar-refractivity contribution < 1.29 is 14.3 Å². The van der Waals surface area contributed by atoms with Crippen LogP contribution in [0, 0.1) is 0 Å². The number of carbonyl (C=O) groups is 1. The van der Waals surface area contributed by atoms with E-state index in [9.17, 15) is 14.7 Å². The van der Waals surface area contributed by atoms with E-state index in [4.69, 9.17) is 4.42 Å². The number of rotatable bonds is 2. The highest BCUT2D eigenvalue weighted by Crippen LogP contribution is 2.18. The summed E-state index contributed by atoms with van der Waals surface area (Å²) >= 11 is 0. The lowest BCUT2D eigenvalue weighted by atomic mass is 9.97. The molecular weight excluding hydrogens is 222 g/mol. The minimum atomic E-state index is -1.44. The van der Waals surface area contributed by atoms with Crippen molar-refractivity contribution in [1.82, 2.24) is 4.57 Å². The number of nitrogens with zero attached hydrogens (tertiary/aromatic N) is 1. The molecule has 0 bridgehead atoms. The third-order valence-corrected chi connectivity index (χ3v) is 2.61. The molecule has 90 valence electrons. The van der Waals surface area contributed by atoms with Crippen LogP contribution in [0.25, 0.3) is 11.1 Å². The van der Waals surface area contributed by atoms with E-state index in [1.807, 2.05) is 0 Å². The van der Waals surface area contributed by atoms with E-state index >= 15 is 0 Å². The summed E-state index contributed by atoms with van der Waals surface area (Å²) in [5, 5.41) is 9.62. The van der Waals surface area contributed by atoms with Gasteiger partial charge in [-0.1, -0.05) is 0 Å². The number of benzene rings is 1. The van der Waals surface area contributed by atoms with Crippen LogP contribution in [-0.4, -0.2) is 21.1 Å². The molecule has 5 nitrogen and oxygen atoms in total. The van der Waals surface area contributed by atoms with Gasteiger partial charge in [-0.05, 0) is 32.0 Å². The summed E-state index contributed by atoms with van der Waals surface area (Å²) < 4.78 is 6.33. The Kier molecular flexibility index (Phi) is 2.43. The highest BCUT2D eigenvalue weighted by Gasteiger charge is 2.25. The Morgan fingerprint density at radius 3 is 2.65 bits per heavy atom. The highest BCUT2D eigenvalue weighted by atomic mass is 16.4. The summed E-state index contributed by atoms with van der Waals surface area (Å²) in [6.07, 6.45) is 0. The van der Waals surface area contributed by atoms with Crippen molar-refractivity contribution in [1.29, 1.82) is 0 Å². The Bertz CT molecular complexity index is 643. The van der Waals surface area contributed by atoms with Gasteiger partial charge in [0, 0.05) is 12.6 Å². The molecule has 0 spiro atoms. The van der Waals surface area contributed by atoms with Gasteiger partial charge >= 0.3 is 5.76 Å². The number of hydrogen-bond donors (Lipinski definition) is 1. The van der Waals surface area contributed by atoms with Gasteiger partial charge in [0.15, 0.2) is 11.4 Å². The standard InChI is InChI=1S/C12H13NO4/c1-12(2,16)10(14)7-4-5-8-9(6-7)17-11(15)13(8)3/h4-6,16H,1-3H3. The summed E-state index contributed by atoms with van der Waals surface area (Å²) in [6.45, 7) is 2.83. The summed E-state index contributed by atoms with van der Waals surface area (Å²) in [4.78, 5) is 23.1. The Balaban J connectivity index is 2.60. The molecule has 0 atom stereocenters. The molecule has 1 aromatic carbocycles. The van der Waals surface area contributed by atoms with E-state index in [1.54, 1.807) is 19.2 Å². The van der Waals surface area contributed by atoms with Crippen molar-refractivity contribution in [2.75, 3.05) is 0 Å². The lowest BCUT2D eigenvalue weighted by molar-refractivity contribution is 0.0488. The molecule has 0 aliphatic rings. The van der Waals surface area contributed by atoms with Crippen LogP contribution < -0.4 is 5.76 Å². The summed E-state index contributed by atoms with van der Waals surface area (Å²) in [5.41, 5.74) is -0.169. The molecule has 0 aliphatic carbocycles. The van der Waals surface area contributed by atoms with Gasteiger partial charge in [0.25, 0.3) is 0 Å². The van der Waals surface area contributed by atoms with Crippen LogP contribution in [0.15, 0.2) is 27.4 Å². The van der Waals surface area contributed by atoms with E-state index in [0.717, 1.165) is 0 Å². The molecule has 0 radical (unpaired) electrons. The van der Waals surface area contributed by atoms with Crippen LogP contribution in [0.5, 0.6) is 0 Å². The average molecular weight is 235 g/mol. The van der Waals surface area contributed by atoms with Gasteiger partial charge < -0.3 is 9.52 Å². The average Bonchev–Trinajstić information content (AvgIpc) is 2.52. The van der Waals surface area contributed by atoms with Gasteiger partial charge in [0.2, 0.25) is 0 Å². The summed E-state index contributed by atoms with van der Waals surface area (Å²) in [5.74, 6) is -0.890. The molecule has 2 rings (SSSR count). The number of aliphatic hydroxyl groups is 1. The van der Waals surface area contributed by atoms with Crippen LogP contribution in [0.2, 0.25) is 0 Å². The molecule has 0 saturated carbocycles. The van der Waals surface area contributed by atoms with E-state index in [-0.39, 0.29) is 0 Å². The first-order valence-corrected chi connectivity index (χ1v) is 5.17. The number of oxazole rings is 1. The first kappa shape index (κ1) is 11.6. The number of fused-ring (bicyclic) bond motifs is 1. The zero-order chi connectivity index (χ0) is 12.8. The molecule has 0 unspecified atom stereocenters. The minimum Gasteiger partial charge on any atom is -0.408 e. The van der Waals surface area contributed by atoms with Crippen LogP contribution in [-0.2, 0) is 7.05 Å². The minimum absolute atomic E-state index is 0.319. The van der Waals surface area contributed by atoms with Crippen molar-refractivity contribution in [2.45, 2.75) is 19.4 Å². The lowest BCUT2D eigenvalue weighted by Gasteiger charge is -2.15. The second kappa shape index (κ2) is 3.56. The van der Waals surface area contributed by atoms with E-state index < -0.39 is 17.1 Å². The van der Waals surface area contributed by atoms with Gasteiger partial charge in [-0.3, -0.25) is 9.36 Å². The molecule has 1 N–H and O–H groups in total. The number of hydrogen-bond acceptors (Lipinski definition) is 4. The Labute approximate surface area is 97.3 Å². The third kappa shape index (κ3) is 1.89. The molecule has 1 heterocycles. The Morgan fingerprint density at radius 2 is 2.06 bits per heavy atom. The molecule has 0 fully saturated rings. The van der Waals surface area contributed by atoms with Crippen LogP contribution >= 0.6 is 0 Å². The second-order valence-electron chi connectivity index (χ2n) is 4.50. The van der Waals surface area contributed by atoms with E-state index in [1.165, 1.54) is 24.5 Å². The fourth-order valence-corrected chi connectivity index (χ4v) is 1.63. The van der Waals surface area contributed by atoms with Crippen molar-refractivity contribution >= 4 is 16.9 Å². The van der Waals surface area contributed by atoms with Crippen LogP contribution in [0.4, 0.5) is 0 Å². The van der Waals surface area contributed by atoms with Gasteiger partial charge in [0.1, 0.15) is 5.60 Å². The molecule has 0 aliphatic heterocycles. The normalized spacial score (nSPS) is 12.0. The maximum Gasteiger partial charge on any atom is 0.419 e. The van der Waals surface area contributed by atoms with Crippen molar-refractivity contribution in [3.63, 3.8) is 0 Å². The first-order valence-electron chi connectivity index (χ1n) is 5.17. The molecular formula is C12H13NO4. The zero-order valence-corrected chi connectivity index (χ0v) is 9.85. The lowest BCUT2D eigenvalue weighted by Crippen LogP contribution is -2.30. The number of aromatic nitrogens is 1. The van der Waals surface area contributed by atoms with Crippen molar-refractivity contribution in [2.24, 2.45) is 7.05 Å². The van der Waals surface area contributed by atoms with Gasteiger partial charge in [-0.2, -0.15) is 0 Å². The monoisotopic (exact) mass is 235 g/mol. The van der Waals surface area contributed by atoms with Gasteiger partial charge in [0.05, 0.1) is 5.52 Å². The maximum absolute atomic E-state index is 11.8. The quantitative estimate of drug-likeness (QED) is 0.791. The largest absolute Gasteiger partial charge is 0.419 e. The number of carbonyl (C=O) groups excluding carboxylic acids is 1. The van der Waals surface area contributed by atoms with E-state index in [2.05, 4.69) is 0 Å². The fourth-order valence-electron chi connectivity index (χ4n) is 1.63. The number of aryl methyl sites for hydroxylation is 1.